The van der Waals surface area contributed by atoms with Crippen molar-refractivity contribution in [2.75, 3.05) is 5.73 Å². The molecule has 1 aliphatic heterocycles. The molecule has 92 valence electrons. The molecule has 18 heavy (non-hydrogen) atoms. The van der Waals surface area contributed by atoms with Gasteiger partial charge in [0.1, 0.15) is 5.82 Å². The van der Waals surface area contributed by atoms with Gasteiger partial charge < -0.3 is 5.73 Å². The Hall–Kier alpha value is -0.590. The van der Waals surface area contributed by atoms with Crippen molar-refractivity contribution in [2.45, 2.75) is 11.5 Å². The third-order valence-electron chi connectivity index (χ3n) is 2.79. The molecule has 3 nitrogen and oxygen atoms in total. The van der Waals surface area contributed by atoms with Crippen LogP contribution in [0.3, 0.4) is 0 Å². The second kappa shape index (κ2) is 4.83. The minimum atomic E-state index is 0.610. The largest absolute Gasteiger partial charge is 0.383 e. The number of hydrogen-bond donors (Lipinski definition) is 1. The zero-order chi connectivity index (χ0) is 12.7. The van der Waals surface area contributed by atoms with Crippen molar-refractivity contribution in [3.8, 4) is 11.4 Å². The lowest BCUT2D eigenvalue weighted by atomic mass is 10.2. The van der Waals surface area contributed by atoms with Gasteiger partial charge in [-0.15, -0.1) is 0 Å². The van der Waals surface area contributed by atoms with E-state index in [1.54, 1.807) is 0 Å². The highest BCUT2D eigenvalue weighted by Gasteiger charge is 2.18. The first kappa shape index (κ1) is 12.4. The molecule has 0 saturated carbocycles. The zero-order valence-corrected chi connectivity index (χ0v) is 13.3. The molecule has 0 spiro atoms. The van der Waals surface area contributed by atoms with Crippen molar-refractivity contribution in [2.24, 2.45) is 0 Å². The number of fused-ring (bicyclic) bond motifs is 1. The summed E-state index contributed by atoms with van der Waals surface area (Å²) in [5.41, 5.74) is 9.13. The molecule has 0 saturated heterocycles. The number of nitrogen functional groups attached to an aromatic ring is 1. The third-order valence-corrected chi connectivity index (χ3v) is 5.64. The molecule has 0 radical (unpaired) electrons. The van der Waals surface area contributed by atoms with E-state index < -0.39 is 0 Å². The molecule has 2 N–H and O–H groups in total. The maximum Gasteiger partial charge on any atom is 0.161 e. The number of thioether (sulfide) groups is 1. The molecule has 6 heteroatoms. The SMILES string of the molecule is Nc1nc(-c2ccc(Br)c(Br)c2)nc2c1CSC2. The Morgan fingerprint density at radius 2 is 1.94 bits per heavy atom. The minimum absolute atomic E-state index is 0.610. The van der Waals surface area contributed by atoms with Gasteiger partial charge in [0.2, 0.25) is 0 Å². The maximum atomic E-state index is 5.99. The zero-order valence-electron chi connectivity index (χ0n) is 9.28. The van der Waals surface area contributed by atoms with Crippen LogP contribution < -0.4 is 5.73 Å². The molecular formula is C12H9Br2N3S. The Balaban J connectivity index is 2.12. The van der Waals surface area contributed by atoms with Crippen molar-refractivity contribution in [3.05, 3.63) is 38.4 Å². The van der Waals surface area contributed by atoms with Gasteiger partial charge in [0.25, 0.3) is 0 Å². The minimum Gasteiger partial charge on any atom is -0.383 e. The summed E-state index contributed by atoms with van der Waals surface area (Å²) in [6, 6.07) is 5.95. The fourth-order valence-corrected chi connectivity index (χ4v) is 3.52. The van der Waals surface area contributed by atoms with Crippen LogP contribution in [0.2, 0.25) is 0 Å². The highest BCUT2D eigenvalue weighted by Crippen LogP contribution is 2.34. The van der Waals surface area contributed by atoms with Crippen molar-refractivity contribution >= 4 is 49.4 Å². The smallest absolute Gasteiger partial charge is 0.161 e. The first-order chi connectivity index (χ1) is 8.65. The predicted molar refractivity (Wildman–Crippen MR) is 82.3 cm³/mol. The van der Waals surface area contributed by atoms with Crippen LogP contribution in [0.1, 0.15) is 11.3 Å². The monoisotopic (exact) mass is 385 g/mol. The van der Waals surface area contributed by atoms with E-state index in [-0.39, 0.29) is 0 Å². The molecule has 0 fully saturated rings. The number of hydrogen-bond acceptors (Lipinski definition) is 4. The van der Waals surface area contributed by atoms with Crippen LogP contribution in [-0.4, -0.2) is 9.97 Å². The number of halogens is 2. The van der Waals surface area contributed by atoms with Gasteiger partial charge in [-0.25, -0.2) is 9.97 Å². The number of anilines is 1. The summed E-state index contributed by atoms with van der Waals surface area (Å²) in [5.74, 6) is 3.15. The predicted octanol–water partition coefficient (Wildman–Crippen LogP) is 4.00. The second-order valence-electron chi connectivity index (χ2n) is 3.98. The van der Waals surface area contributed by atoms with Crippen LogP contribution in [-0.2, 0) is 11.5 Å². The molecule has 2 heterocycles. The normalized spacial score (nSPS) is 13.7. The summed E-state index contributed by atoms with van der Waals surface area (Å²) in [6.45, 7) is 0. The molecule has 2 aromatic rings. The third kappa shape index (κ3) is 2.17. The number of nitrogens with zero attached hydrogens (tertiary/aromatic N) is 2. The molecule has 1 aromatic heterocycles. The van der Waals surface area contributed by atoms with Crippen LogP contribution in [0.15, 0.2) is 27.1 Å². The van der Waals surface area contributed by atoms with Crippen LogP contribution in [0, 0.1) is 0 Å². The van der Waals surface area contributed by atoms with E-state index in [9.17, 15) is 0 Å². The van der Waals surface area contributed by atoms with E-state index in [0.717, 1.165) is 37.3 Å². The van der Waals surface area contributed by atoms with Gasteiger partial charge in [-0.3, -0.25) is 0 Å². The van der Waals surface area contributed by atoms with Gasteiger partial charge in [0.05, 0.1) is 5.69 Å². The standard InChI is InChI=1S/C12H9Br2N3S/c13-8-2-1-6(3-9(8)14)12-16-10-5-18-4-7(10)11(15)17-12/h1-3H,4-5H2,(H2,15,16,17). The molecule has 1 aliphatic rings. The van der Waals surface area contributed by atoms with E-state index in [4.69, 9.17) is 5.73 Å². The second-order valence-corrected chi connectivity index (χ2v) is 6.67. The van der Waals surface area contributed by atoms with Crippen molar-refractivity contribution in [3.63, 3.8) is 0 Å². The van der Waals surface area contributed by atoms with Crippen molar-refractivity contribution in [1.29, 1.82) is 0 Å². The van der Waals surface area contributed by atoms with Gasteiger partial charge in [-0.2, -0.15) is 11.8 Å². The summed E-state index contributed by atoms with van der Waals surface area (Å²) >= 11 is 8.76. The Bertz CT molecular complexity index is 631. The molecule has 0 amide bonds. The molecular weight excluding hydrogens is 378 g/mol. The van der Waals surface area contributed by atoms with Crippen molar-refractivity contribution in [1.82, 2.24) is 9.97 Å². The summed E-state index contributed by atoms with van der Waals surface area (Å²) in [5, 5.41) is 0. The molecule has 0 aliphatic carbocycles. The van der Waals surface area contributed by atoms with Gasteiger partial charge >= 0.3 is 0 Å². The summed E-state index contributed by atoms with van der Waals surface area (Å²) in [4.78, 5) is 9.01. The highest BCUT2D eigenvalue weighted by molar-refractivity contribution is 9.13. The Morgan fingerprint density at radius 3 is 2.72 bits per heavy atom. The number of benzene rings is 1. The fraction of sp³-hybridized carbons (Fsp3) is 0.167. The Labute approximate surface area is 126 Å². The van der Waals surface area contributed by atoms with Gasteiger partial charge in [0.15, 0.2) is 5.82 Å². The fourth-order valence-electron chi connectivity index (χ4n) is 1.84. The lowest BCUT2D eigenvalue weighted by Gasteiger charge is -2.07. The molecule has 0 bridgehead atoms. The summed E-state index contributed by atoms with van der Waals surface area (Å²) < 4.78 is 1.99. The van der Waals surface area contributed by atoms with Crippen molar-refractivity contribution < 1.29 is 0 Å². The first-order valence-electron chi connectivity index (χ1n) is 5.33. The lowest BCUT2D eigenvalue weighted by molar-refractivity contribution is 1.08. The van der Waals surface area contributed by atoms with Gasteiger partial charge in [-0.05, 0) is 50.1 Å². The summed E-state index contributed by atoms with van der Waals surface area (Å²) in [6.07, 6.45) is 0. The van der Waals surface area contributed by atoms with E-state index in [1.165, 1.54) is 0 Å². The first-order valence-corrected chi connectivity index (χ1v) is 8.07. The van der Waals surface area contributed by atoms with Crippen LogP contribution in [0.5, 0.6) is 0 Å². The lowest BCUT2D eigenvalue weighted by Crippen LogP contribution is -2.02. The molecule has 3 rings (SSSR count). The average Bonchev–Trinajstić information content (AvgIpc) is 2.81. The highest BCUT2D eigenvalue weighted by atomic mass is 79.9. The van der Waals surface area contributed by atoms with Crippen LogP contribution in [0.4, 0.5) is 5.82 Å². The van der Waals surface area contributed by atoms with Gasteiger partial charge in [0, 0.05) is 31.6 Å². The number of rotatable bonds is 1. The van der Waals surface area contributed by atoms with Gasteiger partial charge in [-0.1, -0.05) is 0 Å². The molecule has 1 aromatic carbocycles. The van der Waals surface area contributed by atoms with E-state index in [1.807, 2.05) is 30.0 Å². The van der Waals surface area contributed by atoms with Crippen LogP contribution >= 0.6 is 43.6 Å². The molecule has 0 atom stereocenters. The molecule has 0 unspecified atom stereocenters. The average molecular weight is 387 g/mol. The maximum absolute atomic E-state index is 5.99. The quantitative estimate of drug-likeness (QED) is 0.804. The van der Waals surface area contributed by atoms with Crippen LogP contribution in [0.25, 0.3) is 11.4 Å². The summed E-state index contributed by atoms with van der Waals surface area (Å²) in [7, 11) is 0. The Kier molecular flexibility index (Phi) is 3.34. The number of aromatic nitrogens is 2. The Morgan fingerprint density at radius 1 is 1.11 bits per heavy atom. The van der Waals surface area contributed by atoms with E-state index in [2.05, 4.69) is 41.8 Å². The topological polar surface area (TPSA) is 51.8 Å². The van der Waals surface area contributed by atoms with E-state index >= 15 is 0 Å². The number of nitrogens with two attached hydrogens (primary N) is 1. The van der Waals surface area contributed by atoms with E-state index in [0.29, 0.717) is 11.6 Å².